The number of hydrogen-bond donors (Lipinski definition) is 2. The van der Waals surface area contributed by atoms with E-state index in [4.69, 9.17) is 4.52 Å². The van der Waals surface area contributed by atoms with Gasteiger partial charge in [-0.25, -0.2) is 13.1 Å². The molecule has 1 amide bonds. The van der Waals surface area contributed by atoms with Crippen molar-refractivity contribution in [3.63, 3.8) is 0 Å². The fourth-order valence-corrected chi connectivity index (χ4v) is 7.40. The van der Waals surface area contributed by atoms with Crippen molar-refractivity contribution < 1.29 is 17.7 Å². The van der Waals surface area contributed by atoms with E-state index in [1.54, 1.807) is 25.1 Å². The van der Waals surface area contributed by atoms with Gasteiger partial charge in [0.1, 0.15) is 5.76 Å². The van der Waals surface area contributed by atoms with Crippen LogP contribution in [0.4, 0.5) is 5.69 Å². The summed E-state index contributed by atoms with van der Waals surface area (Å²) < 4.78 is 34.1. The van der Waals surface area contributed by atoms with E-state index in [1.165, 1.54) is 31.4 Å². The van der Waals surface area contributed by atoms with Crippen molar-refractivity contribution in [1.82, 2.24) is 9.88 Å². The number of aromatic nitrogens is 1. The van der Waals surface area contributed by atoms with Crippen molar-refractivity contribution in [2.75, 3.05) is 5.32 Å². The molecule has 1 aromatic heterocycles. The maximum atomic E-state index is 13.1. The molecule has 29 heavy (non-hydrogen) atoms. The van der Waals surface area contributed by atoms with Crippen molar-refractivity contribution in [1.29, 1.82) is 0 Å². The number of benzene rings is 1. The monoisotopic (exact) mass is 415 g/mol. The van der Waals surface area contributed by atoms with Gasteiger partial charge < -0.3 is 9.84 Å². The third-order valence-corrected chi connectivity index (χ3v) is 8.27. The van der Waals surface area contributed by atoms with Gasteiger partial charge in [-0.2, -0.15) is 0 Å². The molecule has 2 aromatic rings. The van der Waals surface area contributed by atoms with Gasteiger partial charge in [0.05, 0.1) is 4.90 Å². The van der Waals surface area contributed by atoms with E-state index in [0.717, 1.165) is 19.3 Å². The van der Waals surface area contributed by atoms with Gasteiger partial charge >= 0.3 is 0 Å². The highest BCUT2D eigenvalue weighted by atomic mass is 32.2. The molecule has 2 N–H and O–H groups in total. The van der Waals surface area contributed by atoms with Crippen LogP contribution in [0.2, 0.25) is 0 Å². The lowest BCUT2D eigenvalue weighted by molar-refractivity contribution is -0.00810. The fourth-order valence-electron chi connectivity index (χ4n) is 5.97. The van der Waals surface area contributed by atoms with E-state index in [-0.39, 0.29) is 16.1 Å². The SMILES string of the molecule is Cc1cc(C(=O)Nc2ccc(S(=O)(=O)NC34CC5CC(CC(C5)C3)C4)cc2)no1. The Balaban J connectivity index is 1.30. The van der Waals surface area contributed by atoms with Crippen LogP contribution in [0.1, 0.15) is 54.8 Å². The number of hydrogen-bond acceptors (Lipinski definition) is 5. The zero-order valence-electron chi connectivity index (χ0n) is 16.3. The average Bonchev–Trinajstić information content (AvgIpc) is 3.07. The molecular formula is C21H25N3O4S. The number of amides is 1. The minimum atomic E-state index is -3.61. The smallest absolute Gasteiger partial charge is 0.277 e. The number of rotatable bonds is 5. The fraction of sp³-hybridized carbons (Fsp3) is 0.524. The predicted molar refractivity (Wildman–Crippen MR) is 107 cm³/mol. The minimum absolute atomic E-state index is 0.183. The van der Waals surface area contributed by atoms with Crippen molar-refractivity contribution in [2.24, 2.45) is 17.8 Å². The molecule has 6 rings (SSSR count). The number of sulfonamides is 1. The summed E-state index contributed by atoms with van der Waals surface area (Å²) in [7, 11) is -3.61. The normalized spacial score (nSPS) is 30.4. The molecule has 0 aliphatic heterocycles. The molecule has 0 radical (unpaired) electrons. The van der Waals surface area contributed by atoms with Crippen LogP contribution in [-0.2, 0) is 10.0 Å². The first-order valence-corrected chi connectivity index (χ1v) is 11.7. The molecule has 4 bridgehead atoms. The Morgan fingerprint density at radius 1 is 1.07 bits per heavy atom. The van der Waals surface area contributed by atoms with E-state index in [1.807, 2.05) is 0 Å². The second-order valence-electron chi connectivity index (χ2n) is 9.10. The topological polar surface area (TPSA) is 101 Å². The van der Waals surface area contributed by atoms with Gasteiger partial charge in [-0.05, 0) is 87.5 Å². The standard InChI is InChI=1S/C21H25N3O4S/c1-13-6-19(23-28-13)20(25)22-17-2-4-18(5-3-17)29(26,27)24-21-10-14-7-15(11-21)9-16(8-14)12-21/h2-6,14-16,24H,7-12H2,1H3,(H,22,25). The third-order valence-electron chi connectivity index (χ3n) is 6.67. The lowest BCUT2D eigenvalue weighted by Crippen LogP contribution is -2.59. The van der Waals surface area contributed by atoms with Gasteiger partial charge in [0.2, 0.25) is 10.0 Å². The maximum Gasteiger partial charge on any atom is 0.277 e. The molecule has 4 saturated carbocycles. The summed E-state index contributed by atoms with van der Waals surface area (Å²) >= 11 is 0. The van der Waals surface area contributed by atoms with Crippen LogP contribution in [-0.4, -0.2) is 25.0 Å². The van der Waals surface area contributed by atoms with E-state index in [9.17, 15) is 13.2 Å². The summed E-state index contributed by atoms with van der Waals surface area (Å²) in [6.07, 6.45) is 6.68. The first-order chi connectivity index (χ1) is 13.8. The van der Waals surface area contributed by atoms with Gasteiger partial charge in [0.15, 0.2) is 5.69 Å². The van der Waals surface area contributed by atoms with Crippen LogP contribution in [0.3, 0.4) is 0 Å². The molecule has 0 atom stereocenters. The summed E-state index contributed by atoms with van der Waals surface area (Å²) in [5.41, 5.74) is 0.415. The van der Waals surface area contributed by atoms with Gasteiger partial charge in [-0.15, -0.1) is 0 Å². The van der Waals surface area contributed by atoms with Crippen LogP contribution >= 0.6 is 0 Å². The molecule has 1 heterocycles. The number of carbonyl (C=O) groups excluding carboxylic acids is 1. The minimum Gasteiger partial charge on any atom is -0.361 e. The molecule has 1 aromatic carbocycles. The quantitative estimate of drug-likeness (QED) is 0.778. The molecule has 8 heteroatoms. The second-order valence-corrected chi connectivity index (χ2v) is 10.8. The van der Waals surface area contributed by atoms with E-state index in [0.29, 0.717) is 29.2 Å². The number of anilines is 1. The van der Waals surface area contributed by atoms with E-state index >= 15 is 0 Å². The lowest BCUT2D eigenvalue weighted by Gasteiger charge is -2.56. The van der Waals surface area contributed by atoms with Crippen LogP contribution in [0.5, 0.6) is 0 Å². The maximum absolute atomic E-state index is 13.1. The molecule has 0 unspecified atom stereocenters. The first-order valence-electron chi connectivity index (χ1n) is 10.2. The summed E-state index contributed by atoms with van der Waals surface area (Å²) in [6.45, 7) is 1.71. The molecule has 7 nitrogen and oxygen atoms in total. The number of aryl methyl sites for hydroxylation is 1. The first kappa shape index (κ1) is 18.8. The number of carbonyl (C=O) groups is 1. The number of nitrogens with zero attached hydrogens (tertiary/aromatic N) is 1. The molecular weight excluding hydrogens is 390 g/mol. The van der Waals surface area contributed by atoms with E-state index < -0.39 is 15.9 Å². The zero-order valence-corrected chi connectivity index (χ0v) is 17.2. The zero-order chi connectivity index (χ0) is 20.2. The highest BCUT2D eigenvalue weighted by Gasteiger charge is 2.52. The molecule has 4 aliphatic rings. The Bertz CT molecular complexity index is 1010. The number of nitrogens with one attached hydrogen (secondary N) is 2. The largest absolute Gasteiger partial charge is 0.361 e. The van der Waals surface area contributed by atoms with Crippen molar-refractivity contribution in [3.05, 3.63) is 41.8 Å². The third kappa shape index (κ3) is 3.59. The van der Waals surface area contributed by atoms with Gasteiger partial charge in [-0.1, -0.05) is 5.16 Å². The lowest BCUT2D eigenvalue weighted by atomic mass is 9.53. The summed E-state index contributed by atoms with van der Waals surface area (Å²) in [5, 5.41) is 6.38. The molecule has 0 spiro atoms. The summed E-state index contributed by atoms with van der Waals surface area (Å²) in [4.78, 5) is 12.4. The van der Waals surface area contributed by atoms with Gasteiger partial charge in [-0.3, -0.25) is 4.79 Å². The Kier molecular flexibility index (Phi) is 4.33. The Morgan fingerprint density at radius 2 is 1.66 bits per heavy atom. The Labute approximate surface area is 170 Å². The van der Waals surface area contributed by atoms with Crippen molar-refractivity contribution in [2.45, 2.75) is 55.9 Å². The van der Waals surface area contributed by atoms with Crippen molar-refractivity contribution in [3.8, 4) is 0 Å². The predicted octanol–water partition coefficient (Wildman–Crippen LogP) is 3.48. The summed E-state index contributed by atoms with van der Waals surface area (Å²) in [6, 6.07) is 7.81. The molecule has 4 aliphatic carbocycles. The van der Waals surface area contributed by atoms with Gasteiger partial charge in [0, 0.05) is 17.3 Å². The van der Waals surface area contributed by atoms with Crippen LogP contribution in [0, 0.1) is 24.7 Å². The van der Waals surface area contributed by atoms with Crippen LogP contribution in [0.15, 0.2) is 39.8 Å². The molecule has 154 valence electrons. The summed E-state index contributed by atoms with van der Waals surface area (Å²) in [5.74, 6) is 2.15. The molecule has 4 fully saturated rings. The molecule has 0 saturated heterocycles. The Hall–Kier alpha value is -2.19. The van der Waals surface area contributed by atoms with Crippen LogP contribution in [0.25, 0.3) is 0 Å². The van der Waals surface area contributed by atoms with Crippen molar-refractivity contribution >= 4 is 21.6 Å². The highest BCUT2D eigenvalue weighted by molar-refractivity contribution is 7.89. The van der Waals surface area contributed by atoms with E-state index in [2.05, 4.69) is 15.2 Å². The Morgan fingerprint density at radius 3 is 2.17 bits per heavy atom. The highest BCUT2D eigenvalue weighted by Crippen LogP contribution is 2.55. The van der Waals surface area contributed by atoms with Crippen LogP contribution < -0.4 is 10.0 Å². The average molecular weight is 416 g/mol. The van der Waals surface area contributed by atoms with Gasteiger partial charge in [0.25, 0.3) is 5.91 Å². The second kappa shape index (κ2) is 6.67.